The Morgan fingerprint density at radius 1 is 1.22 bits per heavy atom. The van der Waals surface area contributed by atoms with Crippen LogP contribution in [0, 0.1) is 17.0 Å². The lowest BCUT2D eigenvalue weighted by atomic mass is 10.1. The average molecular weight is 441 g/mol. The second-order valence-corrected chi connectivity index (χ2v) is 7.55. The van der Waals surface area contributed by atoms with Crippen molar-refractivity contribution in [2.24, 2.45) is 0 Å². The maximum absolute atomic E-state index is 13.0. The highest BCUT2D eigenvalue weighted by Crippen LogP contribution is 2.28. The van der Waals surface area contributed by atoms with Crippen LogP contribution in [0.1, 0.15) is 41.3 Å². The van der Waals surface area contributed by atoms with Gasteiger partial charge >= 0.3 is 0 Å². The van der Waals surface area contributed by atoms with E-state index in [1.807, 2.05) is 19.1 Å². The van der Waals surface area contributed by atoms with Crippen LogP contribution in [-0.4, -0.2) is 47.9 Å². The van der Waals surface area contributed by atoms with Crippen molar-refractivity contribution in [3.8, 4) is 11.5 Å². The van der Waals surface area contributed by atoms with Gasteiger partial charge in [0.25, 0.3) is 11.6 Å². The van der Waals surface area contributed by atoms with E-state index in [1.165, 1.54) is 23.1 Å². The topological polar surface area (TPSA) is 111 Å². The standard InChI is InChI=1S/C23H27N3O6/c1-4-32-20-10-7-16(13-21(20)31-3)14-24-22(27)19-6-5-11-25(19)23(28)17-8-9-18(26(29)30)15(2)12-17/h7-10,12-13,19H,4-6,11,14H2,1-3H3,(H,24,27). The monoisotopic (exact) mass is 441 g/mol. The molecule has 1 N–H and O–H groups in total. The van der Waals surface area contributed by atoms with Crippen molar-refractivity contribution in [2.75, 3.05) is 20.3 Å². The molecule has 1 atom stereocenters. The zero-order valence-electron chi connectivity index (χ0n) is 18.4. The van der Waals surface area contributed by atoms with Crippen LogP contribution in [0.25, 0.3) is 0 Å². The number of benzene rings is 2. The zero-order valence-corrected chi connectivity index (χ0v) is 18.4. The molecule has 0 aromatic heterocycles. The number of nitro benzene ring substituents is 1. The van der Waals surface area contributed by atoms with Crippen LogP contribution in [-0.2, 0) is 11.3 Å². The number of nitro groups is 1. The Labute approximate surface area is 186 Å². The molecule has 1 unspecified atom stereocenters. The molecule has 1 aliphatic rings. The number of hydrogen-bond acceptors (Lipinski definition) is 6. The third-order valence-electron chi connectivity index (χ3n) is 5.45. The SMILES string of the molecule is CCOc1ccc(CNC(=O)C2CCCN2C(=O)c2ccc([N+](=O)[O-])c(C)c2)cc1OC. The predicted molar refractivity (Wildman–Crippen MR) is 118 cm³/mol. The summed E-state index contributed by atoms with van der Waals surface area (Å²) in [6.45, 7) is 4.75. The summed E-state index contributed by atoms with van der Waals surface area (Å²) < 4.78 is 10.8. The van der Waals surface area contributed by atoms with Crippen LogP contribution in [0.15, 0.2) is 36.4 Å². The second kappa shape index (κ2) is 10.1. The summed E-state index contributed by atoms with van der Waals surface area (Å²) in [5.74, 6) is 0.687. The summed E-state index contributed by atoms with van der Waals surface area (Å²) in [6, 6.07) is 9.14. The van der Waals surface area contributed by atoms with E-state index in [0.717, 1.165) is 5.56 Å². The molecule has 1 aliphatic heterocycles. The van der Waals surface area contributed by atoms with E-state index in [0.29, 0.717) is 48.6 Å². The summed E-state index contributed by atoms with van der Waals surface area (Å²) in [6.07, 6.45) is 1.28. The number of nitrogens with one attached hydrogen (secondary N) is 1. The van der Waals surface area contributed by atoms with Crippen LogP contribution in [0.5, 0.6) is 11.5 Å². The lowest BCUT2D eigenvalue weighted by Crippen LogP contribution is -2.45. The predicted octanol–water partition coefficient (Wildman–Crippen LogP) is 3.23. The lowest BCUT2D eigenvalue weighted by molar-refractivity contribution is -0.385. The van der Waals surface area contributed by atoms with Crippen LogP contribution in [0.3, 0.4) is 0 Å². The third kappa shape index (κ3) is 4.99. The molecule has 2 aromatic carbocycles. The zero-order chi connectivity index (χ0) is 23.3. The number of methoxy groups -OCH3 is 1. The third-order valence-corrected chi connectivity index (χ3v) is 5.45. The molecular formula is C23H27N3O6. The number of amides is 2. The first-order valence-electron chi connectivity index (χ1n) is 10.5. The highest BCUT2D eigenvalue weighted by molar-refractivity contribution is 5.98. The molecule has 1 fully saturated rings. The number of aryl methyl sites for hydroxylation is 1. The Morgan fingerprint density at radius 3 is 2.66 bits per heavy atom. The van der Waals surface area contributed by atoms with Gasteiger partial charge in [-0.15, -0.1) is 0 Å². The number of carbonyl (C=O) groups excluding carboxylic acids is 2. The molecule has 1 saturated heterocycles. The molecule has 1 heterocycles. The molecule has 170 valence electrons. The first-order chi connectivity index (χ1) is 15.3. The lowest BCUT2D eigenvalue weighted by Gasteiger charge is -2.24. The van der Waals surface area contributed by atoms with Gasteiger partial charge in [0.2, 0.25) is 5.91 Å². The highest BCUT2D eigenvalue weighted by Gasteiger charge is 2.34. The van der Waals surface area contributed by atoms with E-state index < -0.39 is 11.0 Å². The molecule has 0 radical (unpaired) electrons. The van der Waals surface area contributed by atoms with E-state index in [1.54, 1.807) is 20.1 Å². The van der Waals surface area contributed by atoms with Crippen LogP contribution >= 0.6 is 0 Å². The number of ether oxygens (including phenoxy) is 2. The fraction of sp³-hybridized carbons (Fsp3) is 0.391. The van der Waals surface area contributed by atoms with Gasteiger partial charge < -0.3 is 19.7 Å². The van der Waals surface area contributed by atoms with E-state index >= 15 is 0 Å². The normalized spacial score (nSPS) is 15.3. The molecule has 0 aliphatic carbocycles. The summed E-state index contributed by atoms with van der Waals surface area (Å²) in [4.78, 5) is 37.9. The van der Waals surface area contributed by atoms with E-state index in [-0.39, 0.29) is 24.0 Å². The molecule has 9 heteroatoms. The van der Waals surface area contributed by atoms with Gasteiger partial charge in [-0.1, -0.05) is 6.07 Å². The van der Waals surface area contributed by atoms with Crippen molar-refractivity contribution >= 4 is 17.5 Å². The minimum atomic E-state index is -0.581. The quantitative estimate of drug-likeness (QED) is 0.497. The van der Waals surface area contributed by atoms with Crippen molar-refractivity contribution in [3.05, 3.63) is 63.2 Å². The second-order valence-electron chi connectivity index (χ2n) is 7.55. The molecule has 32 heavy (non-hydrogen) atoms. The molecule has 9 nitrogen and oxygen atoms in total. The maximum Gasteiger partial charge on any atom is 0.272 e. The van der Waals surface area contributed by atoms with Crippen molar-refractivity contribution in [3.63, 3.8) is 0 Å². The summed E-state index contributed by atoms with van der Waals surface area (Å²) in [7, 11) is 1.56. The first kappa shape index (κ1) is 23.1. The summed E-state index contributed by atoms with van der Waals surface area (Å²) in [5, 5.41) is 13.9. The van der Waals surface area contributed by atoms with Crippen LogP contribution < -0.4 is 14.8 Å². The van der Waals surface area contributed by atoms with Gasteiger partial charge in [0, 0.05) is 30.3 Å². The molecule has 2 aromatic rings. The molecule has 0 spiro atoms. The van der Waals surface area contributed by atoms with E-state index in [2.05, 4.69) is 5.32 Å². The molecular weight excluding hydrogens is 414 g/mol. The largest absolute Gasteiger partial charge is 0.493 e. The van der Waals surface area contributed by atoms with Crippen LogP contribution in [0.4, 0.5) is 5.69 Å². The van der Waals surface area contributed by atoms with Gasteiger partial charge in [0.1, 0.15) is 6.04 Å². The Kier molecular flexibility index (Phi) is 7.29. The van der Waals surface area contributed by atoms with Crippen molar-refractivity contribution in [2.45, 2.75) is 39.3 Å². The Bertz CT molecular complexity index is 1020. The van der Waals surface area contributed by atoms with Gasteiger partial charge in [-0.05, 0) is 56.5 Å². The van der Waals surface area contributed by atoms with E-state index in [9.17, 15) is 19.7 Å². The minimum Gasteiger partial charge on any atom is -0.493 e. The Balaban J connectivity index is 1.67. The van der Waals surface area contributed by atoms with Gasteiger partial charge in [-0.3, -0.25) is 19.7 Å². The van der Waals surface area contributed by atoms with Gasteiger partial charge in [-0.2, -0.15) is 0 Å². The van der Waals surface area contributed by atoms with Gasteiger partial charge in [0.05, 0.1) is 18.6 Å². The molecule has 0 saturated carbocycles. The number of carbonyl (C=O) groups is 2. The summed E-state index contributed by atoms with van der Waals surface area (Å²) in [5.41, 5.74) is 1.55. The summed E-state index contributed by atoms with van der Waals surface area (Å²) >= 11 is 0. The number of rotatable bonds is 8. The maximum atomic E-state index is 13.0. The van der Waals surface area contributed by atoms with Crippen molar-refractivity contribution in [1.29, 1.82) is 0 Å². The number of hydrogen-bond donors (Lipinski definition) is 1. The van der Waals surface area contributed by atoms with Crippen molar-refractivity contribution < 1.29 is 24.0 Å². The minimum absolute atomic E-state index is 0.0388. The van der Waals surface area contributed by atoms with Gasteiger partial charge in [0.15, 0.2) is 11.5 Å². The highest BCUT2D eigenvalue weighted by atomic mass is 16.6. The Morgan fingerprint density at radius 2 is 2.00 bits per heavy atom. The fourth-order valence-corrected chi connectivity index (χ4v) is 3.85. The number of nitrogens with zero attached hydrogens (tertiary/aromatic N) is 2. The molecule has 0 bridgehead atoms. The first-order valence-corrected chi connectivity index (χ1v) is 10.5. The fourth-order valence-electron chi connectivity index (χ4n) is 3.85. The average Bonchev–Trinajstić information content (AvgIpc) is 3.27. The number of likely N-dealkylation sites (tertiary alicyclic amines) is 1. The van der Waals surface area contributed by atoms with Gasteiger partial charge in [-0.25, -0.2) is 0 Å². The Hall–Kier alpha value is -3.62. The van der Waals surface area contributed by atoms with Crippen molar-refractivity contribution in [1.82, 2.24) is 10.2 Å². The van der Waals surface area contributed by atoms with Crippen LogP contribution in [0.2, 0.25) is 0 Å². The molecule has 3 rings (SSSR count). The van der Waals surface area contributed by atoms with E-state index in [4.69, 9.17) is 9.47 Å². The smallest absolute Gasteiger partial charge is 0.272 e. The molecule has 2 amide bonds.